The van der Waals surface area contributed by atoms with Crippen molar-refractivity contribution in [3.63, 3.8) is 0 Å². The van der Waals surface area contributed by atoms with Crippen LogP contribution in [0.5, 0.6) is 0 Å². The van der Waals surface area contributed by atoms with Gasteiger partial charge in [0.1, 0.15) is 6.04 Å². The molecule has 0 aromatic carbocycles. The van der Waals surface area contributed by atoms with Gasteiger partial charge in [-0.05, 0) is 19.3 Å². The number of carbonyl (C=O) groups is 2. The van der Waals surface area contributed by atoms with E-state index in [0.29, 0.717) is 25.8 Å². The zero-order valence-corrected chi connectivity index (χ0v) is 8.93. The molecule has 94 valence electrons. The molecular weight excluding hydrogens is 216 g/mol. The molecule has 0 spiro atoms. The van der Waals surface area contributed by atoms with E-state index in [2.05, 4.69) is 5.32 Å². The predicted molar refractivity (Wildman–Crippen MR) is 55.6 cm³/mol. The van der Waals surface area contributed by atoms with Crippen LogP contribution >= 0.6 is 0 Å². The first-order valence-electron chi connectivity index (χ1n) is 5.04. The van der Waals surface area contributed by atoms with Crippen LogP contribution in [-0.4, -0.2) is 52.5 Å². The van der Waals surface area contributed by atoms with Gasteiger partial charge in [-0.3, -0.25) is 9.59 Å². The summed E-state index contributed by atoms with van der Waals surface area (Å²) in [6, 6.07) is -0.876. The maximum Gasteiger partial charge on any atom is 0.320 e. The fourth-order valence-corrected chi connectivity index (χ4v) is 1.03. The fraction of sp³-hybridized carbons (Fsp3) is 0.778. The van der Waals surface area contributed by atoms with Gasteiger partial charge in [-0.25, -0.2) is 0 Å². The van der Waals surface area contributed by atoms with Gasteiger partial charge in [-0.1, -0.05) is 0 Å². The number of rotatable bonds is 8. The number of nitrogens with one attached hydrogen (secondary N) is 1. The average molecular weight is 234 g/mol. The highest BCUT2D eigenvalue weighted by atomic mass is 16.4. The van der Waals surface area contributed by atoms with Gasteiger partial charge in [0.25, 0.3) is 5.91 Å². The van der Waals surface area contributed by atoms with Crippen LogP contribution in [0.4, 0.5) is 0 Å². The molecule has 0 rings (SSSR count). The summed E-state index contributed by atoms with van der Waals surface area (Å²) in [5, 5.41) is 28.2. The molecule has 0 aliphatic rings. The topological polar surface area (TPSA) is 133 Å². The molecule has 0 heterocycles. The van der Waals surface area contributed by atoms with Crippen LogP contribution in [0.25, 0.3) is 0 Å². The van der Waals surface area contributed by atoms with Gasteiger partial charge < -0.3 is 26.4 Å². The number of unbranched alkanes of at least 4 members (excludes halogenated alkanes) is 1. The second-order valence-corrected chi connectivity index (χ2v) is 3.43. The zero-order valence-electron chi connectivity index (χ0n) is 8.93. The SMILES string of the molecule is N[C@@H](CCCCNC(=O)[C@H](O)CO)C(=O)O. The monoisotopic (exact) mass is 234 g/mol. The molecule has 0 radical (unpaired) electrons. The molecule has 0 aliphatic heterocycles. The van der Waals surface area contributed by atoms with Gasteiger partial charge in [0, 0.05) is 6.54 Å². The molecule has 16 heavy (non-hydrogen) atoms. The third-order valence-electron chi connectivity index (χ3n) is 2.03. The number of amides is 1. The maximum absolute atomic E-state index is 10.9. The highest BCUT2D eigenvalue weighted by molar-refractivity contribution is 5.80. The molecule has 0 bridgehead atoms. The van der Waals surface area contributed by atoms with Gasteiger partial charge in [-0.2, -0.15) is 0 Å². The lowest BCUT2D eigenvalue weighted by atomic mass is 10.1. The number of carbonyl (C=O) groups excluding carboxylic acids is 1. The van der Waals surface area contributed by atoms with Gasteiger partial charge in [0.2, 0.25) is 0 Å². The molecule has 0 saturated carbocycles. The van der Waals surface area contributed by atoms with Crippen LogP contribution in [0.1, 0.15) is 19.3 Å². The van der Waals surface area contributed by atoms with E-state index in [9.17, 15) is 9.59 Å². The summed E-state index contributed by atoms with van der Waals surface area (Å²) in [5.41, 5.74) is 5.27. The molecule has 7 nitrogen and oxygen atoms in total. The van der Waals surface area contributed by atoms with Crippen molar-refractivity contribution in [3.8, 4) is 0 Å². The number of nitrogens with two attached hydrogens (primary N) is 1. The summed E-state index contributed by atoms with van der Waals surface area (Å²) in [6.07, 6.45) is 0.0861. The van der Waals surface area contributed by atoms with E-state index >= 15 is 0 Å². The number of aliphatic hydroxyl groups excluding tert-OH is 2. The number of carboxylic acids is 1. The minimum absolute atomic E-state index is 0.322. The van der Waals surface area contributed by atoms with Gasteiger partial charge in [0.15, 0.2) is 6.10 Å². The minimum atomic E-state index is -1.40. The Labute approximate surface area is 93.3 Å². The van der Waals surface area contributed by atoms with E-state index in [1.165, 1.54) is 0 Å². The van der Waals surface area contributed by atoms with Crippen molar-refractivity contribution in [3.05, 3.63) is 0 Å². The lowest BCUT2D eigenvalue weighted by Gasteiger charge is -2.09. The Balaban J connectivity index is 3.47. The minimum Gasteiger partial charge on any atom is -0.480 e. The lowest BCUT2D eigenvalue weighted by molar-refractivity contribution is -0.138. The molecule has 0 saturated heterocycles. The maximum atomic E-state index is 10.9. The average Bonchev–Trinajstić information content (AvgIpc) is 2.26. The normalized spacial score (nSPS) is 14.2. The van der Waals surface area contributed by atoms with Crippen LogP contribution < -0.4 is 11.1 Å². The summed E-state index contributed by atoms with van der Waals surface area (Å²) < 4.78 is 0. The number of aliphatic carboxylic acids is 1. The molecule has 0 aromatic heterocycles. The smallest absolute Gasteiger partial charge is 0.320 e. The Morgan fingerprint density at radius 2 is 1.94 bits per heavy atom. The van der Waals surface area contributed by atoms with Crippen LogP contribution in [0.2, 0.25) is 0 Å². The van der Waals surface area contributed by atoms with E-state index in [-0.39, 0.29) is 0 Å². The highest BCUT2D eigenvalue weighted by Gasteiger charge is 2.13. The van der Waals surface area contributed by atoms with Crippen molar-refractivity contribution in [2.24, 2.45) is 5.73 Å². The number of aliphatic hydroxyl groups is 2. The van der Waals surface area contributed by atoms with Crippen molar-refractivity contribution in [1.82, 2.24) is 5.32 Å². The molecule has 2 atom stereocenters. The fourth-order valence-electron chi connectivity index (χ4n) is 1.03. The van der Waals surface area contributed by atoms with Crippen LogP contribution in [0.15, 0.2) is 0 Å². The van der Waals surface area contributed by atoms with Crippen molar-refractivity contribution in [1.29, 1.82) is 0 Å². The van der Waals surface area contributed by atoms with E-state index < -0.39 is 30.6 Å². The predicted octanol–water partition coefficient (Wildman–Crippen LogP) is -1.96. The largest absolute Gasteiger partial charge is 0.480 e. The summed E-state index contributed by atoms with van der Waals surface area (Å²) in [7, 11) is 0. The van der Waals surface area contributed by atoms with Crippen LogP contribution in [0.3, 0.4) is 0 Å². The summed E-state index contributed by atoms with van der Waals surface area (Å²) in [4.78, 5) is 21.3. The van der Waals surface area contributed by atoms with Crippen LogP contribution in [0, 0.1) is 0 Å². The number of hydrogen-bond donors (Lipinski definition) is 5. The third kappa shape index (κ3) is 6.33. The molecule has 0 fully saturated rings. The Bertz CT molecular complexity index is 234. The standard InChI is InChI=1S/C9H18N2O5/c10-6(9(15)16)3-1-2-4-11-8(14)7(13)5-12/h6-7,12-13H,1-5,10H2,(H,11,14)(H,15,16)/t6-,7+/m0/s1. The molecule has 1 amide bonds. The van der Waals surface area contributed by atoms with Gasteiger partial charge in [-0.15, -0.1) is 0 Å². The third-order valence-corrected chi connectivity index (χ3v) is 2.03. The zero-order chi connectivity index (χ0) is 12.6. The lowest BCUT2D eigenvalue weighted by Crippen LogP contribution is -2.37. The van der Waals surface area contributed by atoms with Crippen molar-refractivity contribution in [2.45, 2.75) is 31.4 Å². The Morgan fingerprint density at radius 1 is 1.31 bits per heavy atom. The van der Waals surface area contributed by atoms with E-state index in [0.717, 1.165) is 0 Å². The molecular formula is C9H18N2O5. The first-order chi connectivity index (χ1) is 7.49. The quantitative estimate of drug-likeness (QED) is 0.310. The summed E-state index contributed by atoms with van der Waals surface area (Å²) in [6.45, 7) is -0.294. The van der Waals surface area contributed by atoms with E-state index in [4.69, 9.17) is 21.1 Å². The number of carboxylic acid groups (broad SMARTS) is 1. The summed E-state index contributed by atoms with van der Waals surface area (Å²) >= 11 is 0. The second kappa shape index (κ2) is 8.03. The Kier molecular flexibility index (Phi) is 7.44. The second-order valence-electron chi connectivity index (χ2n) is 3.43. The first-order valence-corrected chi connectivity index (χ1v) is 5.04. The van der Waals surface area contributed by atoms with E-state index in [1.54, 1.807) is 0 Å². The van der Waals surface area contributed by atoms with Crippen LogP contribution in [-0.2, 0) is 9.59 Å². The molecule has 0 aromatic rings. The first kappa shape index (κ1) is 14.8. The highest BCUT2D eigenvalue weighted by Crippen LogP contribution is 1.98. The molecule has 0 unspecified atom stereocenters. The van der Waals surface area contributed by atoms with Crippen molar-refractivity contribution >= 4 is 11.9 Å². The Morgan fingerprint density at radius 3 is 2.44 bits per heavy atom. The van der Waals surface area contributed by atoms with Gasteiger partial charge in [0.05, 0.1) is 6.61 Å². The number of hydrogen-bond acceptors (Lipinski definition) is 5. The van der Waals surface area contributed by atoms with E-state index in [1.807, 2.05) is 0 Å². The molecule has 6 N–H and O–H groups in total. The molecule has 0 aliphatic carbocycles. The van der Waals surface area contributed by atoms with Gasteiger partial charge >= 0.3 is 5.97 Å². The summed E-state index contributed by atoms with van der Waals surface area (Å²) in [5.74, 6) is -1.68. The van der Waals surface area contributed by atoms with Crippen molar-refractivity contribution in [2.75, 3.05) is 13.2 Å². The van der Waals surface area contributed by atoms with Crippen molar-refractivity contribution < 1.29 is 24.9 Å². The Hall–Kier alpha value is -1.18. The molecule has 7 heteroatoms.